The van der Waals surface area contributed by atoms with Gasteiger partial charge in [0.1, 0.15) is 0 Å². The van der Waals surface area contributed by atoms with Crippen LogP contribution in [0.25, 0.3) is 10.9 Å². The largest absolute Gasteiger partial charge is 0.339 e. The first kappa shape index (κ1) is 18.2. The fraction of sp³-hybridized carbons (Fsp3) is 0.545. The van der Waals surface area contributed by atoms with Gasteiger partial charge < -0.3 is 14.8 Å². The van der Waals surface area contributed by atoms with Crippen LogP contribution in [0, 0.1) is 18.8 Å². The van der Waals surface area contributed by atoms with Crippen LogP contribution < -0.4 is 5.56 Å². The number of aryl methyl sites for hydroxylation is 1. The molecular formula is C22H29N3O2. The van der Waals surface area contributed by atoms with Crippen molar-refractivity contribution in [2.24, 2.45) is 11.8 Å². The summed E-state index contributed by atoms with van der Waals surface area (Å²) < 4.78 is 0. The number of H-pyrrole nitrogens is 1. The summed E-state index contributed by atoms with van der Waals surface area (Å²) in [6.07, 6.45) is 4.64. The first-order valence-electron chi connectivity index (χ1n) is 9.90. The second-order valence-corrected chi connectivity index (χ2v) is 8.75. The number of fused-ring (bicyclic) bond motifs is 2. The van der Waals surface area contributed by atoms with Crippen molar-refractivity contribution in [1.29, 1.82) is 0 Å². The Morgan fingerprint density at radius 2 is 1.63 bits per heavy atom. The van der Waals surface area contributed by atoms with Crippen LogP contribution in [0.1, 0.15) is 41.6 Å². The standard InChI is InChI=1S/C22H29N3O2/c1-13-5-6-20-18(7-13)19(12-21(26)23-20)22(27)25(4)17-10-14-8-16(24(2)3)9-15(14)11-17/h5-7,12,14-17H,8-11H2,1-4H3,(H,23,26)/t14-,15+,16?,17?. The van der Waals surface area contributed by atoms with Gasteiger partial charge in [0.05, 0.1) is 5.56 Å². The minimum atomic E-state index is -0.222. The molecule has 2 aliphatic carbocycles. The Kier molecular flexibility index (Phi) is 4.58. The Labute approximate surface area is 160 Å². The molecule has 4 atom stereocenters. The lowest BCUT2D eigenvalue weighted by molar-refractivity contribution is 0.0728. The molecule has 0 spiro atoms. The molecule has 2 saturated carbocycles. The summed E-state index contributed by atoms with van der Waals surface area (Å²) in [7, 11) is 6.23. The van der Waals surface area contributed by atoms with Crippen LogP contribution in [0.4, 0.5) is 0 Å². The van der Waals surface area contributed by atoms with E-state index < -0.39 is 0 Å². The molecule has 5 nitrogen and oxygen atoms in total. The van der Waals surface area contributed by atoms with Crippen LogP contribution in [0.3, 0.4) is 0 Å². The maximum Gasteiger partial charge on any atom is 0.254 e. The van der Waals surface area contributed by atoms with E-state index >= 15 is 0 Å². The minimum absolute atomic E-state index is 0.0363. The highest BCUT2D eigenvalue weighted by molar-refractivity contribution is 6.06. The number of aromatic amines is 1. The third-order valence-electron chi connectivity index (χ3n) is 6.79. The Morgan fingerprint density at radius 1 is 1.00 bits per heavy atom. The normalized spacial score (nSPS) is 27.3. The van der Waals surface area contributed by atoms with E-state index in [9.17, 15) is 9.59 Å². The van der Waals surface area contributed by atoms with Crippen LogP contribution in [-0.4, -0.2) is 53.9 Å². The zero-order valence-corrected chi connectivity index (χ0v) is 16.7. The number of nitrogens with one attached hydrogen (secondary N) is 1. The van der Waals surface area contributed by atoms with Crippen molar-refractivity contribution in [3.8, 4) is 0 Å². The van der Waals surface area contributed by atoms with Gasteiger partial charge in [0.2, 0.25) is 5.56 Å². The van der Waals surface area contributed by atoms with Gasteiger partial charge in [-0.25, -0.2) is 0 Å². The van der Waals surface area contributed by atoms with Crippen LogP contribution >= 0.6 is 0 Å². The zero-order chi connectivity index (χ0) is 19.3. The summed E-state index contributed by atoms with van der Waals surface area (Å²) in [4.78, 5) is 32.4. The number of carbonyl (C=O) groups is 1. The average molecular weight is 367 g/mol. The Morgan fingerprint density at radius 3 is 2.26 bits per heavy atom. The third kappa shape index (κ3) is 3.29. The monoisotopic (exact) mass is 367 g/mol. The molecule has 2 aromatic rings. The summed E-state index contributed by atoms with van der Waals surface area (Å²) in [5.74, 6) is 1.40. The van der Waals surface area contributed by atoms with Crippen LogP contribution in [0.15, 0.2) is 29.1 Å². The smallest absolute Gasteiger partial charge is 0.254 e. The number of pyridine rings is 1. The van der Waals surface area contributed by atoms with Gasteiger partial charge >= 0.3 is 0 Å². The van der Waals surface area contributed by atoms with Crippen molar-refractivity contribution >= 4 is 16.8 Å². The van der Waals surface area contributed by atoms with E-state index in [0.717, 1.165) is 41.1 Å². The third-order valence-corrected chi connectivity index (χ3v) is 6.79. The van der Waals surface area contributed by atoms with Crippen molar-refractivity contribution in [3.63, 3.8) is 0 Å². The van der Waals surface area contributed by atoms with Gasteiger partial charge in [-0.05, 0) is 70.7 Å². The number of benzene rings is 1. The SMILES string of the molecule is Cc1ccc2[nH]c(=O)cc(C(=O)N(C)C3C[C@H]4CC(N(C)C)C[C@H]4C3)c2c1. The summed E-state index contributed by atoms with van der Waals surface area (Å²) in [5.41, 5.74) is 2.10. The molecule has 2 fully saturated rings. The number of hydrogen-bond donors (Lipinski definition) is 1. The highest BCUT2D eigenvalue weighted by atomic mass is 16.2. The van der Waals surface area contributed by atoms with Gasteiger partial charge in [0, 0.05) is 36.1 Å². The predicted octanol–water partition coefficient (Wildman–Crippen LogP) is 3.03. The van der Waals surface area contributed by atoms with Crippen LogP contribution in [-0.2, 0) is 0 Å². The van der Waals surface area contributed by atoms with Crippen LogP contribution in [0.2, 0.25) is 0 Å². The zero-order valence-electron chi connectivity index (χ0n) is 16.7. The molecule has 2 aliphatic rings. The number of nitrogens with zero attached hydrogens (tertiary/aromatic N) is 2. The van der Waals surface area contributed by atoms with Gasteiger partial charge in [-0.2, -0.15) is 0 Å². The Balaban J connectivity index is 1.57. The van der Waals surface area contributed by atoms with E-state index in [-0.39, 0.29) is 17.5 Å². The molecule has 27 heavy (non-hydrogen) atoms. The quantitative estimate of drug-likeness (QED) is 0.907. The van der Waals surface area contributed by atoms with E-state index in [1.165, 1.54) is 18.9 Å². The van der Waals surface area contributed by atoms with E-state index in [2.05, 4.69) is 24.0 Å². The molecule has 5 heteroatoms. The number of hydrogen-bond acceptors (Lipinski definition) is 3. The molecule has 4 rings (SSSR count). The summed E-state index contributed by atoms with van der Waals surface area (Å²) in [6, 6.07) is 8.23. The second-order valence-electron chi connectivity index (χ2n) is 8.75. The second kappa shape index (κ2) is 6.79. The molecule has 0 saturated heterocycles. The maximum absolute atomic E-state index is 13.3. The first-order chi connectivity index (χ1) is 12.8. The number of carbonyl (C=O) groups excluding carboxylic acids is 1. The van der Waals surface area contributed by atoms with Crippen molar-refractivity contribution in [3.05, 3.63) is 45.7 Å². The molecule has 1 N–H and O–H groups in total. The highest BCUT2D eigenvalue weighted by Crippen LogP contribution is 2.46. The molecular weight excluding hydrogens is 338 g/mol. The predicted molar refractivity (Wildman–Crippen MR) is 108 cm³/mol. The lowest BCUT2D eigenvalue weighted by Crippen LogP contribution is -2.37. The topological polar surface area (TPSA) is 56.4 Å². The van der Waals surface area contributed by atoms with Gasteiger partial charge in [-0.3, -0.25) is 9.59 Å². The molecule has 1 aromatic heterocycles. The van der Waals surface area contributed by atoms with Crippen molar-refractivity contribution in [1.82, 2.24) is 14.8 Å². The fourth-order valence-electron chi connectivity index (χ4n) is 5.19. The molecule has 1 heterocycles. The van der Waals surface area contributed by atoms with Gasteiger partial charge in [0.15, 0.2) is 0 Å². The fourth-order valence-corrected chi connectivity index (χ4v) is 5.19. The highest BCUT2D eigenvalue weighted by Gasteiger charge is 2.44. The molecule has 2 unspecified atom stereocenters. The Hall–Kier alpha value is -2.14. The lowest BCUT2D eigenvalue weighted by Gasteiger charge is -2.27. The molecule has 0 bridgehead atoms. The van der Waals surface area contributed by atoms with Gasteiger partial charge in [-0.1, -0.05) is 11.6 Å². The summed E-state index contributed by atoms with van der Waals surface area (Å²) in [6.45, 7) is 2.00. The van der Waals surface area contributed by atoms with E-state index in [1.54, 1.807) is 0 Å². The Bertz CT molecular complexity index is 919. The van der Waals surface area contributed by atoms with E-state index in [4.69, 9.17) is 0 Å². The van der Waals surface area contributed by atoms with E-state index in [0.29, 0.717) is 11.6 Å². The molecule has 0 radical (unpaired) electrons. The van der Waals surface area contributed by atoms with Crippen molar-refractivity contribution < 1.29 is 4.79 Å². The number of amides is 1. The summed E-state index contributed by atoms with van der Waals surface area (Å²) >= 11 is 0. The number of aromatic nitrogens is 1. The molecule has 144 valence electrons. The van der Waals surface area contributed by atoms with Gasteiger partial charge in [0.25, 0.3) is 5.91 Å². The van der Waals surface area contributed by atoms with Gasteiger partial charge in [-0.15, -0.1) is 0 Å². The van der Waals surface area contributed by atoms with Crippen LogP contribution in [0.5, 0.6) is 0 Å². The molecule has 1 amide bonds. The molecule has 0 aliphatic heterocycles. The minimum Gasteiger partial charge on any atom is -0.339 e. The van der Waals surface area contributed by atoms with Crippen molar-refractivity contribution in [2.75, 3.05) is 21.1 Å². The average Bonchev–Trinajstić information content (AvgIpc) is 3.19. The summed E-state index contributed by atoms with van der Waals surface area (Å²) in [5, 5.41) is 0.831. The lowest BCUT2D eigenvalue weighted by atomic mass is 10.0. The first-order valence-corrected chi connectivity index (χ1v) is 9.90. The number of rotatable bonds is 3. The molecule has 1 aromatic carbocycles. The maximum atomic E-state index is 13.3. The van der Waals surface area contributed by atoms with Crippen molar-refractivity contribution in [2.45, 2.75) is 44.7 Å². The van der Waals surface area contributed by atoms with E-state index in [1.807, 2.05) is 37.1 Å².